The van der Waals surface area contributed by atoms with E-state index in [1.807, 2.05) is 12.3 Å². The molecule has 0 unspecified atom stereocenters. The quantitative estimate of drug-likeness (QED) is 0.527. The molecule has 0 fully saturated rings. The minimum absolute atomic E-state index is 1.01. The maximum atomic E-state index is 4.81. The Balaban J connectivity index is 1.97. The molecule has 0 radical (unpaired) electrons. The zero-order chi connectivity index (χ0) is 13.5. The molecular formula is C18H14N2. The van der Waals surface area contributed by atoms with Crippen LogP contribution >= 0.6 is 0 Å². The van der Waals surface area contributed by atoms with Gasteiger partial charge < -0.3 is 4.98 Å². The topological polar surface area (TPSA) is 28.7 Å². The summed E-state index contributed by atoms with van der Waals surface area (Å²) in [5.74, 6) is 0. The average Bonchev–Trinajstić information content (AvgIpc) is 2.90. The van der Waals surface area contributed by atoms with Crippen LogP contribution in [0.25, 0.3) is 33.1 Å². The van der Waals surface area contributed by atoms with E-state index in [0.29, 0.717) is 0 Å². The maximum absolute atomic E-state index is 4.81. The number of benzene rings is 2. The fourth-order valence-corrected chi connectivity index (χ4v) is 2.66. The molecule has 0 aliphatic carbocycles. The summed E-state index contributed by atoms with van der Waals surface area (Å²) >= 11 is 0. The lowest BCUT2D eigenvalue weighted by atomic mass is 10.1. The second kappa shape index (κ2) is 4.20. The molecular weight excluding hydrogens is 244 g/mol. The number of aromatic nitrogens is 2. The van der Waals surface area contributed by atoms with Gasteiger partial charge in [-0.15, -0.1) is 0 Å². The summed E-state index contributed by atoms with van der Waals surface area (Å²) in [4.78, 5) is 8.11. The van der Waals surface area contributed by atoms with Crippen LogP contribution in [0.1, 0.15) is 5.56 Å². The van der Waals surface area contributed by atoms with E-state index in [2.05, 4.69) is 60.4 Å². The minimum Gasteiger partial charge on any atom is -0.360 e. The predicted octanol–water partition coefficient (Wildman–Crippen LogP) is 4.69. The lowest BCUT2D eigenvalue weighted by Gasteiger charge is -2.03. The molecule has 0 spiro atoms. The smallest absolute Gasteiger partial charge is 0.0731 e. The lowest BCUT2D eigenvalue weighted by molar-refractivity contribution is 1.38. The first kappa shape index (κ1) is 11.2. The summed E-state index contributed by atoms with van der Waals surface area (Å²) in [5, 5.41) is 2.39. The highest BCUT2D eigenvalue weighted by molar-refractivity contribution is 5.95. The van der Waals surface area contributed by atoms with Crippen LogP contribution in [0.4, 0.5) is 0 Å². The molecule has 2 heteroatoms. The number of hydrogen-bond acceptors (Lipinski definition) is 1. The first-order chi connectivity index (χ1) is 9.81. The van der Waals surface area contributed by atoms with Crippen molar-refractivity contribution in [3.63, 3.8) is 0 Å². The number of nitrogens with zero attached hydrogens (tertiary/aromatic N) is 1. The van der Waals surface area contributed by atoms with Crippen molar-refractivity contribution >= 4 is 21.8 Å². The van der Waals surface area contributed by atoms with Gasteiger partial charge in [0.05, 0.1) is 11.2 Å². The number of aryl methyl sites for hydroxylation is 1. The Hall–Kier alpha value is -2.61. The normalized spacial score (nSPS) is 11.2. The van der Waals surface area contributed by atoms with Crippen LogP contribution in [0.15, 0.2) is 60.8 Å². The number of fused-ring (bicyclic) bond motifs is 2. The van der Waals surface area contributed by atoms with Crippen LogP contribution in [-0.4, -0.2) is 9.97 Å². The van der Waals surface area contributed by atoms with Crippen molar-refractivity contribution in [1.29, 1.82) is 0 Å². The maximum Gasteiger partial charge on any atom is 0.0731 e. The third-order valence-corrected chi connectivity index (χ3v) is 3.71. The van der Waals surface area contributed by atoms with Crippen molar-refractivity contribution < 1.29 is 0 Å². The van der Waals surface area contributed by atoms with Crippen LogP contribution in [0, 0.1) is 6.92 Å². The van der Waals surface area contributed by atoms with Crippen LogP contribution in [0.2, 0.25) is 0 Å². The summed E-state index contributed by atoms with van der Waals surface area (Å²) in [6, 6.07) is 18.9. The fraction of sp³-hybridized carbons (Fsp3) is 0.0556. The molecule has 96 valence electrons. The predicted molar refractivity (Wildman–Crippen MR) is 83.8 cm³/mol. The Kier molecular flexibility index (Phi) is 2.36. The molecule has 2 heterocycles. The number of para-hydroxylation sites is 1. The Morgan fingerprint density at radius 3 is 2.75 bits per heavy atom. The largest absolute Gasteiger partial charge is 0.360 e. The molecule has 4 rings (SSSR count). The molecule has 0 amide bonds. The second-order valence-corrected chi connectivity index (χ2v) is 5.14. The van der Waals surface area contributed by atoms with Gasteiger partial charge in [0.15, 0.2) is 0 Å². The van der Waals surface area contributed by atoms with Crippen molar-refractivity contribution in [3.8, 4) is 11.3 Å². The number of aromatic amines is 1. The summed E-state index contributed by atoms with van der Waals surface area (Å²) in [6.45, 7) is 2.10. The third-order valence-electron chi connectivity index (χ3n) is 3.71. The van der Waals surface area contributed by atoms with Crippen molar-refractivity contribution in [3.05, 3.63) is 66.4 Å². The number of nitrogens with one attached hydrogen (secondary N) is 1. The molecule has 2 aromatic carbocycles. The van der Waals surface area contributed by atoms with E-state index in [4.69, 9.17) is 4.98 Å². The van der Waals surface area contributed by atoms with Gasteiger partial charge in [-0.3, -0.25) is 0 Å². The molecule has 0 saturated heterocycles. The molecule has 0 atom stereocenters. The van der Waals surface area contributed by atoms with Gasteiger partial charge in [-0.25, -0.2) is 4.98 Å². The van der Waals surface area contributed by atoms with E-state index in [9.17, 15) is 0 Å². The average molecular weight is 258 g/mol. The Morgan fingerprint density at radius 2 is 1.80 bits per heavy atom. The SMILES string of the molecule is Cc1ccc2ccc(-c3c[nH]c4ccccc34)nc2c1. The molecule has 0 aliphatic heterocycles. The van der Waals surface area contributed by atoms with E-state index < -0.39 is 0 Å². The van der Waals surface area contributed by atoms with Crippen molar-refractivity contribution in [2.45, 2.75) is 6.92 Å². The van der Waals surface area contributed by atoms with E-state index in [-0.39, 0.29) is 0 Å². The van der Waals surface area contributed by atoms with Gasteiger partial charge in [-0.2, -0.15) is 0 Å². The van der Waals surface area contributed by atoms with Gasteiger partial charge in [0.25, 0.3) is 0 Å². The third kappa shape index (κ3) is 1.69. The highest BCUT2D eigenvalue weighted by atomic mass is 14.7. The minimum atomic E-state index is 1.01. The highest BCUT2D eigenvalue weighted by Crippen LogP contribution is 2.28. The summed E-state index contributed by atoms with van der Waals surface area (Å²) in [5.41, 5.74) is 5.60. The van der Waals surface area contributed by atoms with Gasteiger partial charge in [-0.1, -0.05) is 36.4 Å². The van der Waals surface area contributed by atoms with Crippen LogP contribution in [0.5, 0.6) is 0 Å². The van der Waals surface area contributed by atoms with Crippen LogP contribution in [-0.2, 0) is 0 Å². The van der Waals surface area contributed by atoms with Crippen molar-refractivity contribution in [1.82, 2.24) is 9.97 Å². The van der Waals surface area contributed by atoms with Gasteiger partial charge in [0.2, 0.25) is 0 Å². The van der Waals surface area contributed by atoms with E-state index >= 15 is 0 Å². The Labute approximate surface area is 117 Å². The Bertz CT molecular complexity index is 919. The monoisotopic (exact) mass is 258 g/mol. The van der Waals surface area contributed by atoms with Gasteiger partial charge in [0, 0.05) is 28.0 Å². The number of H-pyrrole nitrogens is 1. The van der Waals surface area contributed by atoms with Gasteiger partial charge in [0.1, 0.15) is 0 Å². The molecule has 0 saturated carbocycles. The Morgan fingerprint density at radius 1 is 0.950 bits per heavy atom. The first-order valence-electron chi connectivity index (χ1n) is 6.75. The lowest BCUT2D eigenvalue weighted by Crippen LogP contribution is -1.85. The van der Waals surface area contributed by atoms with Gasteiger partial charge >= 0.3 is 0 Å². The van der Waals surface area contributed by atoms with E-state index in [1.165, 1.54) is 16.3 Å². The zero-order valence-electron chi connectivity index (χ0n) is 11.2. The second-order valence-electron chi connectivity index (χ2n) is 5.14. The van der Waals surface area contributed by atoms with E-state index in [0.717, 1.165) is 22.3 Å². The summed E-state index contributed by atoms with van der Waals surface area (Å²) < 4.78 is 0. The van der Waals surface area contributed by atoms with Gasteiger partial charge in [-0.05, 0) is 30.7 Å². The summed E-state index contributed by atoms with van der Waals surface area (Å²) in [6.07, 6.45) is 2.04. The molecule has 0 aliphatic rings. The molecule has 2 aromatic heterocycles. The standard InChI is InChI=1S/C18H14N2/c1-12-6-7-13-8-9-17(20-18(13)10-12)15-11-19-16-5-3-2-4-14(15)16/h2-11,19H,1H3. The van der Waals surface area contributed by atoms with E-state index in [1.54, 1.807) is 0 Å². The molecule has 1 N–H and O–H groups in total. The van der Waals surface area contributed by atoms with Crippen LogP contribution in [0.3, 0.4) is 0 Å². The first-order valence-corrected chi connectivity index (χ1v) is 6.75. The summed E-state index contributed by atoms with van der Waals surface area (Å²) in [7, 11) is 0. The number of hydrogen-bond donors (Lipinski definition) is 1. The van der Waals surface area contributed by atoms with Crippen LogP contribution < -0.4 is 0 Å². The molecule has 4 aromatic rings. The highest BCUT2D eigenvalue weighted by Gasteiger charge is 2.07. The zero-order valence-corrected chi connectivity index (χ0v) is 11.2. The fourth-order valence-electron chi connectivity index (χ4n) is 2.66. The van der Waals surface area contributed by atoms with Crippen molar-refractivity contribution in [2.24, 2.45) is 0 Å². The molecule has 20 heavy (non-hydrogen) atoms. The number of pyridine rings is 1. The molecule has 0 bridgehead atoms. The number of rotatable bonds is 1. The molecule has 2 nitrogen and oxygen atoms in total. The van der Waals surface area contributed by atoms with Crippen molar-refractivity contribution in [2.75, 3.05) is 0 Å².